The Morgan fingerprint density at radius 3 is 2.56 bits per heavy atom. The van der Waals surface area contributed by atoms with Crippen molar-refractivity contribution in [2.45, 2.75) is 32.3 Å². The highest BCUT2D eigenvalue weighted by atomic mass is 19.1. The van der Waals surface area contributed by atoms with Gasteiger partial charge >= 0.3 is 0 Å². The number of benzene rings is 1. The Hall–Kier alpha value is -1.22. The Morgan fingerprint density at radius 1 is 1.38 bits per heavy atom. The lowest BCUT2D eigenvalue weighted by molar-refractivity contribution is 0.0938. The second kappa shape index (κ2) is 6.38. The molecule has 1 unspecified atom stereocenters. The van der Waals surface area contributed by atoms with Gasteiger partial charge in [-0.2, -0.15) is 0 Å². The molecule has 0 saturated heterocycles. The summed E-state index contributed by atoms with van der Waals surface area (Å²) < 4.78 is 17.7. The number of hydrogen-bond acceptors (Lipinski definition) is 2. The molecule has 0 fully saturated rings. The van der Waals surface area contributed by atoms with Crippen molar-refractivity contribution in [1.82, 2.24) is 0 Å². The average molecular weight is 224 g/mol. The smallest absolute Gasteiger partial charge is 0.162 e. The molecule has 3 heteroatoms. The minimum absolute atomic E-state index is 0.0586. The summed E-state index contributed by atoms with van der Waals surface area (Å²) in [4.78, 5) is 11.7. The van der Waals surface area contributed by atoms with Crippen LogP contribution in [0.4, 0.5) is 4.39 Å². The zero-order valence-electron chi connectivity index (χ0n) is 9.70. The Labute approximate surface area is 95.4 Å². The number of ether oxygens (including phenoxy) is 1. The molecule has 88 valence electrons. The second-order valence-electron chi connectivity index (χ2n) is 3.87. The van der Waals surface area contributed by atoms with Gasteiger partial charge in [0, 0.05) is 19.1 Å². The molecular formula is C13H17FO2. The molecule has 1 aromatic carbocycles. The van der Waals surface area contributed by atoms with Crippen LogP contribution in [0.3, 0.4) is 0 Å². The molecule has 0 bridgehead atoms. The van der Waals surface area contributed by atoms with Crippen LogP contribution in [-0.4, -0.2) is 19.0 Å². The van der Waals surface area contributed by atoms with Crippen LogP contribution in [0, 0.1) is 5.82 Å². The van der Waals surface area contributed by atoms with Gasteiger partial charge in [0.15, 0.2) is 5.78 Å². The average Bonchev–Trinajstić information content (AvgIpc) is 2.29. The first kappa shape index (κ1) is 12.8. The highest BCUT2D eigenvalue weighted by Crippen LogP contribution is 2.10. The number of methoxy groups -OCH3 is 1. The van der Waals surface area contributed by atoms with Crippen LogP contribution >= 0.6 is 0 Å². The molecule has 0 N–H and O–H groups in total. The van der Waals surface area contributed by atoms with E-state index in [1.807, 2.05) is 6.92 Å². The number of carbonyl (C=O) groups excluding carboxylic acids is 1. The fourth-order valence-electron chi connectivity index (χ4n) is 1.45. The van der Waals surface area contributed by atoms with Crippen LogP contribution in [0.25, 0.3) is 0 Å². The minimum atomic E-state index is -0.315. The zero-order valence-corrected chi connectivity index (χ0v) is 9.70. The SMILES string of the molecule is COC(C)CCCC(=O)c1ccc(F)cc1. The number of carbonyl (C=O) groups is 1. The van der Waals surface area contributed by atoms with Gasteiger partial charge in [-0.15, -0.1) is 0 Å². The maximum atomic E-state index is 12.6. The number of halogens is 1. The van der Waals surface area contributed by atoms with Crippen LogP contribution in [0.15, 0.2) is 24.3 Å². The van der Waals surface area contributed by atoms with E-state index in [2.05, 4.69) is 0 Å². The molecule has 0 aliphatic carbocycles. The fourth-order valence-corrected chi connectivity index (χ4v) is 1.45. The van der Waals surface area contributed by atoms with Gasteiger partial charge in [0.05, 0.1) is 6.10 Å². The van der Waals surface area contributed by atoms with E-state index >= 15 is 0 Å². The second-order valence-corrected chi connectivity index (χ2v) is 3.87. The number of rotatable bonds is 6. The van der Waals surface area contributed by atoms with Gasteiger partial charge in [-0.1, -0.05) is 0 Å². The van der Waals surface area contributed by atoms with Crippen molar-refractivity contribution in [3.05, 3.63) is 35.6 Å². The molecule has 1 rings (SSSR count). The van der Waals surface area contributed by atoms with Crippen molar-refractivity contribution in [2.75, 3.05) is 7.11 Å². The maximum absolute atomic E-state index is 12.6. The van der Waals surface area contributed by atoms with E-state index in [1.54, 1.807) is 7.11 Å². The predicted molar refractivity (Wildman–Crippen MR) is 61.1 cm³/mol. The lowest BCUT2D eigenvalue weighted by Crippen LogP contribution is -2.06. The summed E-state index contributed by atoms with van der Waals surface area (Å²) in [6.45, 7) is 1.97. The quantitative estimate of drug-likeness (QED) is 0.693. The third-order valence-electron chi connectivity index (χ3n) is 2.58. The van der Waals surface area contributed by atoms with Gasteiger partial charge in [0.25, 0.3) is 0 Å². The summed E-state index contributed by atoms with van der Waals surface area (Å²) in [5, 5.41) is 0. The summed E-state index contributed by atoms with van der Waals surface area (Å²) in [7, 11) is 1.66. The Balaban J connectivity index is 2.38. The summed E-state index contributed by atoms with van der Waals surface area (Å²) in [5.41, 5.74) is 0.575. The molecule has 0 amide bonds. The molecule has 16 heavy (non-hydrogen) atoms. The van der Waals surface area contributed by atoms with Crippen molar-refractivity contribution in [1.29, 1.82) is 0 Å². The van der Waals surface area contributed by atoms with Gasteiger partial charge in [-0.25, -0.2) is 4.39 Å². The van der Waals surface area contributed by atoms with Gasteiger partial charge in [0.2, 0.25) is 0 Å². The zero-order chi connectivity index (χ0) is 12.0. The summed E-state index contributed by atoms with van der Waals surface area (Å²) in [6.07, 6.45) is 2.33. The predicted octanol–water partition coefficient (Wildman–Crippen LogP) is 3.21. The van der Waals surface area contributed by atoms with Crippen LogP contribution in [0.5, 0.6) is 0 Å². The summed E-state index contributed by atoms with van der Waals surface area (Å²) >= 11 is 0. The van der Waals surface area contributed by atoms with E-state index in [4.69, 9.17) is 4.74 Å². The first-order chi connectivity index (χ1) is 7.63. The van der Waals surface area contributed by atoms with Crippen LogP contribution < -0.4 is 0 Å². The third-order valence-corrected chi connectivity index (χ3v) is 2.58. The van der Waals surface area contributed by atoms with Gasteiger partial charge in [-0.3, -0.25) is 4.79 Å². The highest BCUT2D eigenvalue weighted by Gasteiger charge is 2.07. The number of hydrogen-bond donors (Lipinski definition) is 0. The lowest BCUT2D eigenvalue weighted by atomic mass is 10.0. The van der Waals surface area contributed by atoms with Crippen LogP contribution in [0.2, 0.25) is 0 Å². The van der Waals surface area contributed by atoms with Crippen LogP contribution in [-0.2, 0) is 4.74 Å². The highest BCUT2D eigenvalue weighted by molar-refractivity contribution is 5.95. The van der Waals surface area contributed by atoms with Gasteiger partial charge in [-0.05, 0) is 44.0 Å². The Bertz CT molecular complexity index is 332. The molecule has 0 aliphatic rings. The van der Waals surface area contributed by atoms with Gasteiger partial charge in [0.1, 0.15) is 5.82 Å². The first-order valence-electron chi connectivity index (χ1n) is 5.45. The largest absolute Gasteiger partial charge is 0.382 e. The van der Waals surface area contributed by atoms with Crippen molar-refractivity contribution >= 4 is 5.78 Å². The summed E-state index contributed by atoms with van der Waals surface area (Å²) in [5.74, 6) is -0.257. The molecule has 0 saturated carbocycles. The molecule has 2 nitrogen and oxygen atoms in total. The van der Waals surface area contributed by atoms with E-state index in [-0.39, 0.29) is 17.7 Å². The van der Waals surface area contributed by atoms with Gasteiger partial charge < -0.3 is 4.74 Å². The Kier molecular flexibility index (Phi) is 5.12. The lowest BCUT2D eigenvalue weighted by Gasteiger charge is -2.08. The molecular weight excluding hydrogens is 207 g/mol. The molecule has 0 heterocycles. The topological polar surface area (TPSA) is 26.3 Å². The standard InChI is InChI=1S/C13H17FO2/c1-10(16-2)4-3-5-13(15)11-6-8-12(14)9-7-11/h6-10H,3-5H2,1-2H3. The maximum Gasteiger partial charge on any atom is 0.162 e. The van der Waals surface area contributed by atoms with E-state index in [0.717, 1.165) is 12.8 Å². The minimum Gasteiger partial charge on any atom is -0.382 e. The summed E-state index contributed by atoms with van der Waals surface area (Å²) in [6, 6.07) is 5.67. The molecule has 0 radical (unpaired) electrons. The van der Waals surface area contributed by atoms with Crippen molar-refractivity contribution in [3.8, 4) is 0 Å². The van der Waals surface area contributed by atoms with Crippen molar-refractivity contribution in [3.63, 3.8) is 0 Å². The Morgan fingerprint density at radius 2 is 2.00 bits per heavy atom. The van der Waals surface area contributed by atoms with Crippen molar-refractivity contribution < 1.29 is 13.9 Å². The van der Waals surface area contributed by atoms with E-state index in [1.165, 1.54) is 24.3 Å². The number of ketones is 1. The molecule has 0 aliphatic heterocycles. The molecule has 1 atom stereocenters. The van der Waals surface area contributed by atoms with E-state index in [9.17, 15) is 9.18 Å². The molecule has 0 aromatic heterocycles. The monoisotopic (exact) mass is 224 g/mol. The van der Waals surface area contributed by atoms with E-state index in [0.29, 0.717) is 12.0 Å². The van der Waals surface area contributed by atoms with E-state index < -0.39 is 0 Å². The molecule has 1 aromatic rings. The normalized spacial score (nSPS) is 12.4. The fraction of sp³-hybridized carbons (Fsp3) is 0.462. The molecule has 0 spiro atoms. The van der Waals surface area contributed by atoms with Crippen LogP contribution in [0.1, 0.15) is 36.5 Å². The number of Topliss-reactive ketones (excluding diaryl/α,β-unsaturated/α-hetero) is 1. The third kappa shape index (κ3) is 4.11. The van der Waals surface area contributed by atoms with Crippen molar-refractivity contribution in [2.24, 2.45) is 0 Å². The first-order valence-corrected chi connectivity index (χ1v) is 5.45.